The Morgan fingerprint density at radius 3 is 1.15 bits per heavy atom. The van der Waals surface area contributed by atoms with Gasteiger partial charge >= 0.3 is 0 Å². The lowest BCUT2D eigenvalue weighted by Crippen LogP contribution is -2.32. The zero-order valence-corrected chi connectivity index (χ0v) is 25.0. The van der Waals surface area contributed by atoms with Gasteiger partial charge in [-0.05, 0) is 18.9 Å². The first kappa shape index (κ1) is 33.0. The molecule has 0 saturated carbocycles. The van der Waals surface area contributed by atoms with Gasteiger partial charge in [-0.25, -0.2) is 0 Å². The molecule has 0 spiro atoms. The summed E-state index contributed by atoms with van der Waals surface area (Å²) in [7, 11) is -1.10. The Kier molecular flexibility index (Phi) is 26.5. The lowest BCUT2D eigenvalue weighted by atomic mass is 10.1. The van der Waals surface area contributed by atoms with Gasteiger partial charge in [0.1, 0.15) is 0 Å². The third-order valence-electron chi connectivity index (χ3n) is 8.06. The monoisotopic (exact) mass is 478 g/mol. The summed E-state index contributed by atoms with van der Waals surface area (Å²) in [5.74, 6) is 0. The summed E-state index contributed by atoms with van der Waals surface area (Å²) in [5, 5.41) is 0. The van der Waals surface area contributed by atoms with Crippen molar-refractivity contribution in [1.82, 2.24) is 0 Å². The molecule has 0 aromatic carbocycles. The van der Waals surface area contributed by atoms with E-state index < -0.39 is 8.07 Å². The van der Waals surface area contributed by atoms with E-state index in [9.17, 15) is 0 Å². The molecule has 0 N–H and O–H groups in total. The molecule has 0 unspecified atom stereocenters. The molecule has 1 heteroatoms. The minimum atomic E-state index is -1.10. The Morgan fingerprint density at radius 2 is 0.758 bits per heavy atom. The number of rotatable bonds is 27. The second kappa shape index (κ2) is 26.6. The van der Waals surface area contributed by atoms with Crippen LogP contribution >= 0.6 is 0 Å². The average molecular weight is 479 g/mol. The van der Waals surface area contributed by atoms with Crippen molar-refractivity contribution in [3.8, 4) is 0 Å². The van der Waals surface area contributed by atoms with Crippen molar-refractivity contribution in [2.75, 3.05) is 0 Å². The highest BCUT2D eigenvalue weighted by molar-refractivity contribution is 6.80. The molecule has 0 amide bonds. The first-order valence-corrected chi connectivity index (χ1v) is 18.7. The molecule has 0 aromatic heterocycles. The number of hydrogen-bond donors (Lipinski definition) is 0. The van der Waals surface area contributed by atoms with Crippen molar-refractivity contribution in [2.24, 2.45) is 0 Å². The fourth-order valence-corrected chi connectivity index (χ4v) is 9.73. The zero-order chi connectivity index (χ0) is 24.3. The molecule has 0 aliphatic heterocycles. The lowest BCUT2D eigenvalue weighted by Gasteiger charge is -2.30. The van der Waals surface area contributed by atoms with E-state index in [0.717, 1.165) is 0 Å². The molecule has 0 aliphatic carbocycles. The summed E-state index contributed by atoms with van der Waals surface area (Å²) < 4.78 is 0. The van der Waals surface area contributed by atoms with Crippen LogP contribution in [0.1, 0.15) is 169 Å². The molecular weight excluding hydrogens is 412 g/mol. The first-order valence-electron chi connectivity index (χ1n) is 15.9. The van der Waals surface area contributed by atoms with Gasteiger partial charge in [0.2, 0.25) is 0 Å². The van der Waals surface area contributed by atoms with Crippen LogP contribution in [0.4, 0.5) is 0 Å². The summed E-state index contributed by atoms with van der Waals surface area (Å²) in [6.45, 7) is 9.50. The minimum Gasteiger partial charge on any atom is -0.0912 e. The Labute approximate surface area is 213 Å². The average Bonchev–Trinajstić information content (AvgIpc) is 2.83. The molecular formula is C32H66Si. The molecule has 33 heavy (non-hydrogen) atoms. The largest absolute Gasteiger partial charge is 0.0912 e. The van der Waals surface area contributed by atoms with Gasteiger partial charge in [0.15, 0.2) is 0 Å². The SMILES string of the molecule is CCCCCCCC=CC[Si](CC)(CCCCCCCCCC)CCCCCCCCCC. The Hall–Kier alpha value is -0.0431. The number of hydrogen-bond acceptors (Lipinski definition) is 0. The maximum atomic E-state index is 2.64. The zero-order valence-electron chi connectivity index (χ0n) is 24.0. The highest BCUT2D eigenvalue weighted by atomic mass is 28.3. The van der Waals surface area contributed by atoms with E-state index in [1.54, 1.807) is 12.1 Å². The summed E-state index contributed by atoms with van der Waals surface area (Å²) >= 11 is 0. The van der Waals surface area contributed by atoms with E-state index in [1.807, 2.05) is 0 Å². The summed E-state index contributed by atoms with van der Waals surface area (Å²) in [4.78, 5) is 0. The third-order valence-corrected chi connectivity index (χ3v) is 13.5. The van der Waals surface area contributed by atoms with Gasteiger partial charge in [-0.15, -0.1) is 0 Å². The van der Waals surface area contributed by atoms with Crippen LogP contribution in [0.3, 0.4) is 0 Å². The molecule has 0 fully saturated rings. The van der Waals surface area contributed by atoms with Gasteiger partial charge < -0.3 is 0 Å². The van der Waals surface area contributed by atoms with Crippen LogP contribution in [0, 0.1) is 0 Å². The number of allylic oxidation sites excluding steroid dienone is 2. The fraction of sp³-hybridized carbons (Fsp3) is 0.938. The molecule has 0 radical (unpaired) electrons. The summed E-state index contributed by atoms with van der Waals surface area (Å²) in [6.07, 6.45) is 37.1. The lowest BCUT2D eigenvalue weighted by molar-refractivity contribution is 0.579. The van der Waals surface area contributed by atoms with E-state index in [-0.39, 0.29) is 0 Å². The van der Waals surface area contributed by atoms with Crippen LogP contribution < -0.4 is 0 Å². The van der Waals surface area contributed by atoms with Crippen LogP contribution in [-0.4, -0.2) is 8.07 Å². The second-order valence-corrected chi connectivity index (χ2v) is 16.3. The van der Waals surface area contributed by atoms with E-state index >= 15 is 0 Å². The van der Waals surface area contributed by atoms with Gasteiger partial charge in [-0.3, -0.25) is 0 Å². The summed E-state index contributed by atoms with van der Waals surface area (Å²) in [6, 6.07) is 6.21. The molecule has 0 atom stereocenters. The minimum absolute atomic E-state index is 1.10. The van der Waals surface area contributed by atoms with Crippen molar-refractivity contribution in [2.45, 2.75) is 193 Å². The molecule has 0 aliphatic rings. The first-order chi connectivity index (χ1) is 16.2. The highest BCUT2D eigenvalue weighted by Crippen LogP contribution is 2.31. The Morgan fingerprint density at radius 1 is 0.394 bits per heavy atom. The van der Waals surface area contributed by atoms with Crippen molar-refractivity contribution < 1.29 is 0 Å². The van der Waals surface area contributed by atoms with Crippen molar-refractivity contribution in [1.29, 1.82) is 0 Å². The van der Waals surface area contributed by atoms with Crippen LogP contribution in [0.5, 0.6) is 0 Å². The second-order valence-electron chi connectivity index (χ2n) is 11.2. The van der Waals surface area contributed by atoms with Crippen molar-refractivity contribution >= 4 is 8.07 Å². The van der Waals surface area contributed by atoms with Gasteiger partial charge in [-0.2, -0.15) is 0 Å². The van der Waals surface area contributed by atoms with Crippen LogP contribution in [0.2, 0.25) is 24.2 Å². The van der Waals surface area contributed by atoms with Gasteiger partial charge in [-0.1, -0.05) is 186 Å². The number of unbranched alkanes of at least 4 members (excludes halogenated alkanes) is 19. The van der Waals surface area contributed by atoms with Crippen molar-refractivity contribution in [3.05, 3.63) is 12.2 Å². The van der Waals surface area contributed by atoms with Crippen molar-refractivity contribution in [3.63, 3.8) is 0 Å². The third kappa shape index (κ3) is 22.2. The fourth-order valence-electron chi connectivity index (χ4n) is 5.41. The van der Waals surface area contributed by atoms with Crippen LogP contribution in [0.15, 0.2) is 12.2 Å². The van der Waals surface area contributed by atoms with Gasteiger partial charge in [0.25, 0.3) is 0 Å². The van der Waals surface area contributed by atoms with Crippen LogP contribution in [0.25, 0.3) is 0 Å². The Bertz CT molecular complexity index is 366. The molecule has 0 aromatic rings. The maximum Gasteiger partial charge on any atom is 0.0570 e. The molecule has 0 heterocycles. The van der Waals surface area contributed by atoms with E-state index in [1.165, 1.54) is 153 Å². The predicted octanol–water partition coefficient (Wildman–Crippen LogP) is 12.7. The molecule has 0 rings (SSSR count). The summed E-state index contributed by atoms with van der Waals surface area (Å²) in [5.41, 5.74) is 0. The standard InChI is InChI=1S/C32H66Si/c1-5-9-12-15-18-21-24-27-30-33(8-4,31-28-25-22-19-16-13-10-6-2)32-29-26-23-20-17-14-11-7-3/h24,27H,5-23,25-26,28-32H2,1-4H3. The molecule has 0 nitrogen and oxygen atoms in total. The quantitative estimate of drug-likeness (QED) is 0.0625. The van der Waals surface area contributed by atoms with E-state index in [0.29, 0.717) is 0 Å². The van der Waals surface area contributed by atoms with E-state index in [4.69, 9.17) is 0 Å². The normalized spacial score (nSPS) is 12.2. The smallest absolute Gasteiger partial charge is 0.0570 e. The van der Waals surface area contributed by atoms with Gasteiger partial charge in [0.05, 0.1) is 8.07 Å². The molecule has 198 valence electrons. The maximum absolute atomic E-state index is 2.64. The topological polar surface area (TPSA) is 0 Å². The van der Waals surface area contributed by atoms with Gasteiger partial charge in [0, 0.05) is 0 Å². The van der Waals surface area contributed by atoms with E-state index in [2.05, 4.69) is 39.8 Å². The van der Waals surface area contributed by atoms with Crippen LogP contribution in [-0.2, 0) is 0 Å². The highest BCUT2D eigenvalue weighted by Gasteiger charge is 2.28. The Balaban J connectivity index is 4.33. The predicted molar refractivity (Wildman–Crippen MR) is 158 cm³/mol. The molecule has 0 bridgehead atoms. The molecule has 0 saturated heterocycles.